The fraction of sp³-hybridized carbons (Fsp3) is 0.350. The van der Waals surface area contributed by atoms with Crippen LogP contribution in [0.2, 0.25) is 0 Å². The Morgan fingerprint density at radius 3 is 2.39 bits per heavy atom. The highest BCUT2D eigenvalue weighted by atomic mass is 16.5. The number of hydrogen-bond acceptors (Lipinski definition) is 2. The molecule has 3 heteroatoms. The van der Waals surface area contributed by atoms with Gasteiger partial charge in [0.25, 0.3) is 5.91 Å². The van der Waals surface area contributed by atoms with Crippen LogP contribution in [0.3, 0.4) is 0 Å². The Labute approximate surface area is 138 Å². The number of nitrogens with one attached hydrogen (secondary N) is 1. The Bertz CT molecular complexity index is 707. The minimum atomic E-state index is -0.115. The standard InChI is InChI=1S/C20H25NO2/c1-13-6-9-19(16(4)10-13)23-12-20(22)21-17(5)18-8-7-14(2)15(3)11-18/h6-11,17H,12H2,1-5H3,(H,21,22). The molecule has 1 unspecified atom stereocenters. The molecule has 1 amide bonds. The summed E-state index contributed by atoms with van der Waals surface area (Å²) in [5.41, 5.74) is 5.82. The van der Waals surface area contributed by atoms with E-state index in [0.29, 0.717) is 0 Å². The Kier molecular flexibility index (Phi) is 5.43. The van der Waals surface area contributed by atoms with Gasteiger partial charge < -0.3 is 10.1 Å². The molecule has 0 fully saturated rings. The molecular weight excluding hydrogens is 286 g/mol. The lowest BCUT2D eigenvalue weighted by molar-refractivity contribution is -0.123. The number of hydrogen-bond donors (Lipinski definition) is 1. The van der Waals surface area contributed by atoms with Crippen molar-refractivity contribution in [3.8, 4) is 5.75 Å². The maximum atomic E-state index is 12.1. The first-order valence-corrected chi connectivity index (χ1v) is 7.93. The van der Waals surface area contributed by atoms with Gasteiger partial charge >= 0.3 is 0 Å². The molecule has 2 rings (SSSR count). The minimum absolute atomic E-state index is 0.0269. The maximum Gasteiger partial charge on any atom is 0.258 e. The van der Waals surface area contributed by atoms with Gasteiger partial charge in [0.1, 0.15) is 5.75 Å². The van der Waals surface area contributed by atoms with Gasteiger partial charge in [-0.25, -0.2) is 0 Å². The summed E-state index contributed by atoms with van der Waals surface area (Å²) in [6.07, 6.45) is 0. The summed E-state index contributed by atoms with van der Waals surface area (Å²) in [4.78, 5) is 12.1. The summed E-state index contributed by atoms with van der Waals surface area (Å²) in [6.45, 7) is 10.2. The van der Waals surface area contributed by atoms with Gasteiger partial charge in [-0.3, -0.25) is 4.79 Å². The SMILES string of the molecule is Cc1ccc(OCC(=O)NC(C)c2ccc(C)c(C)c2)c(C)c1. The molecule has 0 aliphatic carbocycles. The summed E-state index contributed by atoms with van der Waals surface area (Å²) in [5, 5.41) is 2.98. The molecule has 0 saturated heterocycles. The second-order valence-corrected chi connectivity index (χ2v) is 6.19. The third-order valence-electron chi connectivity index (χ3n) is 4.10. The van der Waals surface area contributed by atoms with Crippen molar-refractivity contribution in [2.75, 3.05) is 6.61 Å². The predicted octanol–water partition coefficient (Wildman–Crippen LogP) is 4.18. The van der Waals surface area contributed by atoms with Crippen molar-refractivity contribution in [2.45, 2.75) is 40.7 Å². The van der Waals surface area contributed by atoms with E-state index < -0.39 is 0 Å². The molecule has 0 heterocycles. The van der Waals surface area contributed by atoms with E-state index >= 15 is 0 Å². The van der Waals surface area contributed by atoms with Gasteiger partial charge in [-0.2, -0.15) is 0 Å². The first-order chi connectivity index (χ1) is 10.9. The lowest BCUT2D eigenvalue weighted by atomic mass is 10.0. The molecule has 0 saturated carbocycles. The van der Waals surface area contributed by atoms with Crippen LogP contribution in [-0.2, 0) is 4.79 Å². The van der Waals surface area contributed by atoms with E-state index in [2.05, 4.69) is 37.4 Å². The van der Waals surface area contributed by atoms with E-state index in [1.165, 1.54) is 16.7 Å². The van der Waals surface area contributed by atoms with Crippen molar-refractivity contribution in [1.82, 2.24) is 5.32 Å². The molecule has 2 aromatic rings. The van der Waals surface area contributed by atoms with E-state index in [9.17, 15) is 4.79 Å². The molecule has 122 valence electrons. The topological polar surface area (TPSA) is 38.3 Å². The van der Waals surface area contributed by atoms with Gasteiger partial charge in [-0.05, 0) is 62.9 Å². The zero-order valence-corrected chi connectivity index (χ0v) is 14.6. The van der Waals surface area contributed by atoms with Crippen LogP contribution < -0.4 is 10.1 Å². The van der Waals surface area contributed by atoms with Gasteiger partial charge in [-0.1, -0.05) is 35.9 Å². The summed E-state index contributed by atoms with van der Waals surface area (Å²) >= 11 is 0. The Balaban J connectivity index is 1.92. The van der Waals surface area contributed by atoms with Crippen LogP contribution in [0.15, 0.2) is 36.4 Å². The smallest absolute Gasteiger partial charge is 0.258 e. The highest BCUT2D eigenvalue weighted by molar-refractivity contribution is 5.78. The summed E-state index contributed by atoms with van der Waals surface area (Å²) in [7, 11) is 0. The highest BCUT2D eigenvalue weighted by Gasteiger charge is 2.11. The first kappa shape index (κ1) is 17.1. The van der Waals surface area contributed by atoms with Crippen molar-refractivity contribution in [3.05, 3.63) is 64.2 Å². The lowest BCUT2D eigenvalue weighted by Crippen LogP contribution is -2.31. The molecular formula is C20H25NO2. The van der Waals surface area contributed by atoms with Crippen molar-refractivity contribution < 1.29 is 9.53 Å². The molecule has 1 N–H and O–H groups in total. The molecule has 0 aromatic heterocycles. The van der Waals surface area contributed by atoms with E-state index in [4.69, 9.17) is 4.74 Å². The number of benzene rings is 2. The van der Waals surface area contributed by atoms with E-state index in [1.807, 2.05) is 39.0 Å². The molecule has 0 bridgehead atoms. The van der Waals surface area contributed by atoms with Crippen LogP contribution in [0, 0.1) is 27.7 Å². The molecule has 0 aliphatic rings. The maximum absolute atomic E-state index is 12.1. The Hall–Kier alpha value is -2.29. The fourth-order valence-electron chi connectivity index (χ4n) is 2.51. The van der Waals surface area contributed by atoms with Crippen LogP contribution in [0.4, 0.5) is 0 Å². The van der Waals surface area contributed by atoms with Gasteiger partial charge in [0.2, 0.25) is 0 Å². The Morgan fingerprint density at radius 1 is 1.00 bits per heavy atom. The van der Waals surface area contributed by atoms with Crippen LogP contribution in [-0.4, -0.2) is 12.5 Å². The number of ether oxygens (including phenoxy) is 1. The third kappa shape index (κ3) is 4.59. The van der Waals surface area contributed by atoms with Crippen molar-refractivity contribution in [3.63, 3.8) is 0 Å². The summed E-state index contributed by atoms with van der Waals surface area (Å²) in [6, 6.07) is 12.2. The minimum Gasteiger partial charge on any atom is -0.484 e. The predicted molar refractivity (Wildman–Crippen MR) is 93.9 cm³/mol. The largest absolute Gasteiger partial charge is 0.484 e. The van der Waals surface area contributed by atoms with Gasteiger partial charge in [0.05, 0.1) is 6.04 Å². The monoisotopic (exact) mass is 311 g/mol. The average Bonchev–Trinajstić information content (AvgIpc) is 2.49. The molecule has 0 aliphatic heterocycles. The van der Waals surface area contributed by atoms with E-state index in [0.717, 1.165) is 16.9 Å². The van der Waals surface area contributed by atoms with Crippen LogP contribution in [0.1, 0.15) is 40.8 Å². The second kappa shape index (κ2) is 7.32. The number of aryl methyl sites for hydroxylation is 4. The van der Waals surface area contributed by atoms with Gasteiger partial charge in [-0.15, -0.1) is 0 Å². The van der Waals surface area contributed by atoms with Crippen LogP contribution in [0.25, 0.3) is 0 Å². The molecule has 2 aromatic carbocycles. The van der Waals surface area contributed by atoms with Crippen molar-refractivity contribution in [2.24, 2.45) is 0 Å². The van der Waals surface area contributed by atoms with E-state index in [-0.39, 0.29) is 18.6 Å². The van der Waals surface area contributed by atoms with E-state index in [1.54, 1.807) is 0 Å². The Morgan fingerprint density at radius 2 is 1.74 bits per heavy atom. The molecule has 3 nitrogen and oxygen atoms in total. The summed E-state index contributed by atoms with van der Waals surface area (Å²) < 4.78 is 5.62. The average molecular weight is 311 g/mol. The zero-order chi connectivity index (χ0) is 17.0. The fourth-order valence-corrected chi connectivity index (χ4v) is 2.51. The quantitative estimate of drug-likeness (QED) is 0.899. The lowest BCUT2D eigenvalue weighted by Gasteiger charge is -2.16. The molecule has 1 atom stereocenters. The number of rotatable bonds is 5. The zero-order valence-electron chi connectivity index (χ0n) is 14.6. The van der Waals surface area contributed by atoms with Crippen molar-refractivity contribution >= 4 is 5.91 Å². The van der Waals surface area contributed by atoms with Crippen molar-refractivity contribution in [1.29, 1.82) is 0 Å². The summed E-state index contributed by atoms with van der Waals surface area (Å²) in [5.74, 6) is 0.639. The molecule has 0 spiro atoms. The number of carbonyl (C=O) groups is 1. The highest BCUT2D eigenvalue weighted by Crippen LogP contribution is 2.19. The van der Waals surface area contributed by atoms with Crippen LogP contribution >= 0.6 is 0 Å². The van der Waals surface area contributed by atoms with Gasteiger partial charge in [0, 0.05) is 0 Å². The number of carbonyl (C=O) groups excluding carboxylic acids is 1. The number of amides is 1. The normalized spacial score (nSPS) is 11.9. The third-order valence-corrected chi connectivity index (χ3v) is 4.10. The van der Waals surface area contributed by atoms with Gasteiger partial charge in [0.15, 0.2) is 6.61 Å². The van der Waals surface area contributed by atoms with Crippen LogP contribution in [0.5, 0.6) is 5.75 Å². The molecule has 23 heavy (non-hydrogen) atoms. The molecule has 0 radical (unpaired) electrons. The first-order valence-electron chi connectivity index (χ1n) is 7.93. The second-order valence-electron chi connectivity index (χ2n) is 6.19.